The molecule has 1 aromatic heterocycles. The summed E-state index contributed by atoms with van der Waals surface area (Å²) in [5, 5.41) is 3.98. The van der Waals surface area contributed by atoms with Crippen LogP contribution < -0.4 is 5.32 Å². The van der Waals surface area contributed by atoms with E-state index in [1.54, 1.807) is 0 Å². The van der Waals surface area contributed by atoms with Crippen LogP contribution in [0.15, 0.2) is 140 Å². The summed E-state index contributed by atoms with van der Waals surface area (Å²) in [6, 6.07) is 43.3. The maximum absolute atomic E-state index is 13.0. The lowest BCUT2D eigenvalue weighted by atomic mass is 9.76. The van der Waals surface area contributed by atoms with E-state index in [0.29, 0.717) is 6.61 Å². The number of ether oxygens (including phenoxy) is 1. The van der Waals surface area contributed by atoms with Crippen LogP contribution in [0.4, 0.5) is 0 Å². The monoisotopic (exact) mass is 500 g/mol. The predicted octanol–water partition coefficient (Wildman–Crippen LogP) is 7.05. The predicted molar refractivity (Wildman–Crippen MR) is 152 cm³/mol. The van der Waals surface area contributed by atoms with E-state index in [-0.39, 0.29) is 18.4 Å². The molecule has 190 valence electrons. The molecule has 0 saturated heterocycles. The molecular formula is C34H32N2O2. The number of nitrogens with one attached hydrogen (secondary N) is 1. The molecular weight excluding hydrogens is 468 g/mol. The van der Waals surface area contributed by atoms with Gasteiger partial charge in [0.05, 0.1) is 18.6 Å². The lowest BCUT2D eigenvalue weighted by Crippen LogP contribution is -2.47. The largest absolute Gasteiger partial charge is 0.466 e. The van der Waals surface area contributed by atoms with Crippen LogP contribution in [0.25, 0.3) is 5.69 Å². The number of benzene rings is 4. The zero-order valence-corrected chi connectivity index (χ0v) is 21.5. The first-order valence-electron chi connectivity index (χ1n) is 13.0. The Morgan fingerprint density at radius 1 is 0.737 bits per heavy atom. The Bertz CT molecular complexity index is 1340. The Labute approximate surface area is 224 Å². The standard InChI is InChI=1S/C34H32N2O2/c1-2-38-33(37)26-32(27-15-14-22-31(25-27)36-23-12-13-24-36)35-34(28-16-6-3-7-17-28,29-18-8-4-9-19-29)30-20-10-5-11-21-30/h3-25,32,35H,2,26H2,1H3. The second-order valence-electron chi connectivity index (χ2n) is 9.24. The van der Waals surface area contributed by atoms with Crippen molar-refractivity contribution in [2.75, 3.05) is 6.61 Å². The van der Waals surface area contributed by atoms with Gasteiger partial charge < -0.3 is 9.30 Å². The molecule has 5 aromatic rings. The van der Waals surface area contributed by atoms with Gasteiger partial charge in [-0.2, -0.15) is 0 Å². The van der Waals surface area contributed by atoms with Gasteiger partial charge in [0.25, 0.3) is 0 Å². The van der Waals surface area contributed by atoms with Gasteiger partial charge in [-0.25, -0.2) is 0 Å². The Kier molecular flexibility index (Phi) is 7.81. The minimum atomic E-state index is -0.718. The second-order valence-corrected chi connectivity index (χ2v) is 9.24. The highest BCUT2D eigenvalue weighted by molar-refractivity contribution is 5.70. The average Bonchev–Trinajstić information content (AvgIpc) is 3.52. The van der Waals surface area contributed by atoms with Gasteiger partial charge in [-0.05, 0) is 53.4 Å². The van der Waals surface area contributed by atoms with Gasteiger partial charge in [-0.1, -0.05) is 103 Å². The zero-order chi connectivity index (χ0) is 26.2. The van der Waals surface area contributed by atoms with Crippen molar-refractivity contribution in [1.82, 2.24) is 9.88 Å². The fourth-order valence-electron chi connectivity index (χ4n) is 5.12. The van der Waals surface area contributed by atoms with E-state index >= 15 is 0 Å². The van der Waals surface area contributed by atoms with Crippen molar-refractivity contribution >= 4 is 5.97 Å². The summed E-state index contributed by atoms with van der Waals surface area (Å²) in [7, 11) is 0. The first kappa shape index (κ1) is 25.2. The fraction of sp³-hybridized carbons (Fsp3) is 0.147. The van der Waals surface area contributed by atoms with Crippen LogP contribution in [0.5, 0.6) is 0 Å². The van der Waals surface area contributed by atoms with Gasteiger partial charge in [-0.15, -0.1) is 0 Å². The molecule has 4 heteroatoms. The van der Waals surface area contributed by atoms with Crippen LogP contribution in [0, 0.1) is 0 Å². The Hall–Kier alpha value is -4.41. The second kappa shape index (κ2) is 11.8. The number of aromatic nitrogens is 1. The number of esters is 1. The molecule has 5 rings (SSSR count). The van der Waals surface area contributed by atoms with E-state index in [9.17, 15) is 4.79 Å². The lowest BCUT2D eigenvalue weighted by molar-refractivity contribution is -0.143. The third-order valence-electron chi connectivity index (χ3n) is 6.86. The van der Waals surface area contributed by atoms with Crippen molar-refractivity contribution in [3.05, 3.63) is 162 Å². The molecule has 0 aliphatic rings. The molecule has 0 bridgehead atoms. The first-order valence-corrected chi connectivity index (χ1v) is 13.0. The third kappa shape index (κ3) is 5.31. The summed E-state index contributed by atoms with van der Waals surface area (Å²) in [4.78, 5) is 13.0. The van der Waals surface area contributed by atoms with Gasteiger partial charge in [0, 0.05) is 24.1 Å². The quantitative estimate of drug-likeness (QED) is 0.165. The molecule has 0 aliphatic carbocycles. The Morgan fingerprint density at radius 2 is 1.26 bits per heavy atom. The number of hydrogen-bond donors (Lipinski definition) is 1. The van der Waals surface area contributed by atoms with Crippen molar-refractivity contribution < 1.29 is 9.53 Å². The summed E-state index contributed by atoms with van der Waals surface area (Å²) in [6.45, 7) is 2.19. The molecule has 1 heterocycles. The zero-order valence-electron chi connectivity index (χ0n) is 21.5. The first-order chi connectivity index (χ1) is 18.7. The maximum atomic E-state index is 13.0. The van der Waals surface area contributed by atoms with Crippen molar-refractivity contribution in [3.8, 4) is 5.69 Å². The van der Waals surface area contributed by atoms with E-state index in [2.05, 4.69) is 101 Å². The molecule has 0 aliphatic heterocycles. The van der Waals surface area contributed by atoms with Gasteiger partial charge in [0.2, 0.25) is 0 Å². The number of rotatable bonds is 10. The molecule has 0 radical (unpaired) electrons. The molecule has 4 nitrogen and oxygen atoms in total. The van der Waals surface area contributed by atoms with Crippen molar-refractivity contribution in [3.63, 3.8) is 0 Å². The molecule has 0 saturated carbocycles. The van der Waals surface area contributed by atoms with Crippen LogP contribution in [-0.2, 0) is 15.1 Å². The molecule has 0 amide bonds. The summed E-state index contributed by atoms with van der Waals surface area (Å²) in [5.74, 6) is -0.237. The summed E-state index contributed by atoms with van der Waals surface area (Å²) in [5.41, 5.74) is 4.60. The minimum Gasteiger partial charge on any atom is -0.466 e. The molecule has 4 aromatic carbocycles. The number of carbonyl (C=O) groups excluding carboxylic acids is 1. The topological polar surface area (TPSA) is 43.3 Å². The highest BCUT2D eigenvalue weighted by Gasteiger charge is 2.39. The van der Waals surface area contributed by atoms with Crippen molar-refractivity contribution in [2.45, 2.75) is 24.9 Å². The minimum absolute atomic E-state index is 0.192. The van der Waals surface area contributed by atoms with Gasteiger partial charge in [-0.3, -0.25) is 10.1 Å². The van der Waals surface area contributed by atoms with Crippen LogP contribution in [-0.4, -0.2) is 17.1 Å². The lowest BCUT2D eigenvalue weighted by Gasteiger charge is -2.40. The van der Waals surface area contributed by atoms with Crippen molar-refractivity contribution in [1.29, 1.82) is 0 Å². The Balaban J connectivity index is 1.70. The van der Waals surface area contributed by atoms with E-state index in [1.165, 1.54) is 0 Å². The molecule has 0 fully saturated rings. The molecule has 1 atom stereocenters. The highest BCUT2D eigenvalue weighted by Crippen LogP contribution is 2.40. The molecule has 0 spiro atoms. The summed E-state index contributed by atoms with van der Waals surface area (Å²) < 4.78 is 7.52. The van der Waals surface area contributed by atoms with Crippen molar-refractivity contribution in [2.24, 2.45) is 0 Å². The fourth-order valence-corrected chi connectivity index (χ4v) is 5.12. The van der Waals surface area contributed by atoms with Crippen LogP contribution >= 0.6 is 0 Å². The third-order valence-corrected chi connectivity index (χ3v) is 6.86. The smallest absolute Gasteiger partial charge is 0.307 e. The molecule has 1 unspecified atom stereocenters. The number of hydrogen-bond acceptors (Lipinski definition) is 3. The van der Waals surface area contributed by atoms with Crippen LogP contribution in [0.2, 0.25) is 0 Å². The average molecular weight is 501 g/mol. The van der Waals surface area contributed by atoms with E-state index < -0.39 is 5.54 Å². The van der Waals surface area contributed by atoms with E-state index in [1.807, 2.05) is 55.7 Å². The Morgan fingerprint density at radius 3 is 1.76 bits per heavy atom. The maximum Gasteiger partial charge on any atom is 0.307 e. The van der Waals surface area contributed by atoms with Crippen LogP contribution in [0.1, 0.15) is 41.6 Å². The SMILES string of the molecule is CCOC(=O)CC(NC(c1ccccc1)(c1ccccc1)c1ccccc1)c1cccc(-n2cccc2)c1. The van der Waals surface area contributed by atoms with E-state index in [4.69, 9.17) is 4.74 Å². The van der Waals surface area contributed by atoms with E-state index in [0.717, 1.165) is 27.9 Å². The summed E-state index contributed by atoms with van der Waals surface area (Å²) >= 11 is 0. The number of carbonyl (C=O) groups is 1. The number of nitrogens with zero attached hydrogens (tertiary/aromatic N) is 1. The van der Waals surface area contributed by atoms with Crippen LogP contribution in [0.3, 0.4) is 0 Å². The summed E-state index contributed by atoms with van der Waals surface area (Å²) in [6.07, 6.45) is 4.24. The normalized spacial score (nSPS) is 12.1. The van der Waals surface area contributed by atoms with Gasteiger partial charge in [0.15, 0.2) is 0 Å². The van der Waals surface area contributed by atoms with Gasteiger partial charge in [0.1, 0.15) is 0 Å². The van der Waals surface area contributed by atoms with Gasteiger partial charge >= 0.3 is 5.97 Å². The molecule has 38 heavy (non-hydrogen) atoms. The highest BCUT2D eigenvalue weighted by atomic mass is 16.5. The molecule has 1 N–H and O–H groups in total.